The van der Waals surface area contributed by atoms with Crippen molar-refractivity contribution in [2.24, 2.45) is 4.99 Å². The van der Waals surface area contributed by atoms with Crippen LogP contribution in [0.5, 0.6) is 11.5 Å². The zero-order chi connectivity index (χ0) is 23.5. The second-order valence-corrected chi connectivity index (χ2v) is 7.70. The maximum atomic E-state index is 11.1. The van der Waals surface area contributed by atoms with E-state index in [-0.39, 0.29) is 22.7 Å². The zero-order valence-corrected chi connectivity index (χ0v) is 18.5. The Morgan fingerprint density at radius 3 is 2.64 bits per heavy atom. The minimum Gasteiger partial charge on any atom is -0.504 e. The van der Waals surface area contributed by atoms with Gasteiger partial charge in [0.1, 0.15) is 5.52 Å². The molecule has 4 aromatic rings. The largest absolute Gasteiger partial charge is 0.504 e. The molecular formula is C25H23N3O5. The van der Waals surface area contributed by atoms with Crippen molar-refractivity contribution >= 4 is 28.7 Å². The third kappa shape index (κ3) is 4.55. The van der Waals surface area contributed by atoms with E-state index in [2.05, 4.69) is 36.0 Å². The molecule has 168 valence electrons. The molecule has 3 aromatic carbocycles. The molecule has 1 atom stereocenters. The first-order valence-corrected chi connectivity index (χ1v) is 10.5. The number of benzene rings is 3. The van der Waals surface area contributed by atoms with Crippen LogP contribution < -0.4 is 4.74 Å². The second-order valence-electron chi connectivity index (χ2n) is 7.70. The summed E-state index contributed by atoms with van der Waals surface area (Å²) in [6, 6.07) is 15.7. The van der Waals surface area contributed by atoms with Crippen molar-refractivity contribution in [3.05, 3.63) is 75.8 Å². The molecule has 0 aliphatic heterocycles. The van der Waals surface area contributed by atoms with E-state index in [0.29, 0.717) is 17.5 Å². The van der Waals surface area contributed by atoms with Gasteiger partial charge in [-0.3, -0.25) is 15.1 Å². The van der Waals surface area contributed by atoms with E-state index in [1.165, 1.54) is 25.0 Å². The number of nitrogens with zero attached hydrogens (tertiary/aromatic N) is 3. The molecule has 0 radical (unpaired) electrons. The normalized spacial score (nSPS) is 12.3. The number of phenolic OH excluding ortho intramolecular Hbond substituents is 1. The number of hydrogen-bond donors (Lipinski definition) is 1. The number of aromatic hydroxyl groups is 1. The lowest BCUT2D eigenvalue weighted by atomic mass is 9.98. The number of aliphatic imine (C=N–C) groups is 1. The molecule has 1 aromatic heterocycles. The summed E-state index contributed by atoms with van der Waals surface area (Å²) in [7, 11) is 1.33. The van der Waals surface area contributed by atoms with E-state index in [4.69, 9.17) is 9.15 Å². The summed E-state index contributed by atoms with van der Waals surface area (Å²) in [4.78, 5) is 19.5. The fourth-order valence-electron chi connectivity index (χ4n) is 3.42. The fraction of sp³-hybridized carbons (Fsp3) is 0.200. The molecule has 1 heterocycles. The number of aromatic nitrogens is 1. The van der Waals surface area contributed by atoms with Crippen LogP contribution in [-0.4, -0.2) is 28.3 Å². The SMILES string of the molecule is CCC(C)c1ccc2oc(-c3ccc(N=Cc4cc([N+](=O)[O-])cc(OC)c4O)cc3)nc2c1. The topological polar surface area (TPSA) is 111 Å². The number of hydrogen-bond acceptors (Lipinski definition) is 7. The number of nitro benzene ring substituents is 1. The number of ether oxygens (including phenoxy) is 1. The first-order valence-electron chi connectivity index (χ1n) is 10.5. The highest BCUT2D eigenvalue weighted by Crippen LogP contribution is 2.34. The maximum absolute atomic E-state index is 11.1. The van der Waals surface area contributed by atoms with Crippen LogP contribution in [0, 0.1) is 10.1 Å². The van der Waals surface area contributed by atoms with Gasteiger partial charge < -0.3 is 14.3 Å². The van der Waals surface area contributed by atoms with Gasteiger partial charge in [0, 0.05) is 23.4 Å². The quantitative estimate of drug-likeness (QED) is 0.201. The van der Waals surface area contributed by atoms with Gasteiger partial charge in [-0.1, -0.05) is 19.9 Å². The Hall–Kier alpha value is -4.20. The second kappa shape index (κ2) is 9.12. The first-order chi connectivity index (χ1) is 15.9. The summed E-state index contributed by atoms with van der Waals surface area (Å²) < 4.78 is 10.9. The summed E-state index contributed by atoms with van der Waals surface area (Å²) in [5.74, 6) is 0.764. The highest BCUT2D eigenvalue weighted by Gasteiger charge is 2.16. The Bertz CT molecular complexity index is 1340. The third-order valence-electron chi connectivity index (χ3n) is 5.58. The lowest BCUT2D eigenvalue weighted by Gasteiger charge is -2.07. The van der Waals surface area contributed by atoms with E-state index in [1.807, 2.05) is 18.2 Å². The minimum absolute atomic E-state index is 0.00782. The van der Waals surface area contributed by atoms with Gasteiger partial charge >= 0.3 is 0 Å². The predicted molar refractivity (Wildman–Crippen MR) is 127 cm³/mol. The molecule has 0 fully saturated rings. The van der Waals surface area contributed by atoms with Crippen LogP contribution in [-0.2, 0) is 0 Å². The summed E-state index contributed by atoms with van der Waals surface area (Å²) in [6.45, 7) is 4.34. The van der Waals surface area contributed by atoms with Crippen LogP contribution in [0.1, 0.15) is 37.3 Å². The number of nitro groups is 1. The van der Waals surface area contributed by atoms with Gasteiger partial charge in [0.05, 0.1) is 23.8 Å². The van der Waals surface area contributed by atoms with Gasteiger partial charge in [-0.15, -0.1) is 0 Å². The van der Waals surface area contributed by atoms with Crippen LogP contribution in [0.4, 0.5) is 11.4 Å². The van der Waals surface area contributed by atoms with Crippen molar-refractivity contribution < 1.29 is 19.2 Å². The molecule has 4 rings (SSSR count). The highest BCUT2D eigenvalue weighted by atomic mass is 16.6. The van der Waals surface area contributed by atoms with Gasteiger partial charge in [0.25, 0.3) is 5.69 Å². The summed E-state index contributed by atoms with van der Waals surface area (Å²) in [5, 5.41) is 21.4. The summed E-state index contributed by atoms with van der Waals surface area (Å²) in [6.07, 6.45) is 2.41. The standard InChI is InChI=1S/C25H23N3O5/c1-4-15(2)17-7-10-22-21(12-17)27-25(33-22)16-5-8-19(9-6-16)26-14-18-11-20(28(30)31)13-23(32-3)24(18)29/h5-15,29H,4H2,1-3H3. The van der Waals surface area contributed by atoms with Crippen molar-refractivity contribution in [1.82, 2.24) is 4.98 Å². The molecule has 0 saturated carbocycles. The van der Waals surface area contributed by atoms with Crippen LogP contribution >= 0.6 is 0 Å². The number of fused-ring (bicyclic) bond motifs is 1. The van der Waals surface area contributed by atoms with E-state index in [9.17, 15) is 15.2 Å². The molecule has 8 nitrogen and oxygen atoms in total. The Balaban J connectivity index is 1.59. The van der Waals surface area contributed by atoms with Gasteiger partial charge in [0.15, 0.2) is 17.1 Å². The monoisotopic (exact) mass is 445 g/mol. The van der Waals surface area contributed by atoms with Gasteiger partial charge in [-0.25, -0.2) is 4.98 Å². The smallest absolute Gasteiger partial charge is 0.274 e. The van der Waals surface area contributed by atoms with Crippen molar-refractivity contribution in [2.45, 2.75) is 26.2 Å². The minimum atomic E-state index is -0.555. The first kappa shape index (κ1) is 22.0. The maximum Gasteiger partial charge on any atom is 0.274 e. The molecule has 0 spiro atoms. The highest BCUT2D eigenvalue weighted by molar-refractivity contribution is 5.88. The number of methoxy groups -OCH3 is 1. The summed E-state index contributed by atoms with van der Waals surface area (Å²) in [5.41, 5.74) is 4.16. The molecule has 1 unspecified atom stereocenters. The molecule has 1 N–H and O–H groups in total. The number of non-ortho nitro benzene ring substituents is 1. The van der Waals surface area contributed by atoms with Gasteiger partial charge in [-0.2, -0.15) is 0 Å². The Morgan fingerprint density at radius 1 is 1.21 bits per heavy atom. The van der Waals surface area contributed by atoms with Crippen LogP contribution in [0.2, 0.25) is 0 Å². The molecule has 8 heteroatoms. The van der Waals surface area contributed by atoms with Crippen molar-refractivity contribution in [2.75, 3.05) is 7.11 Å². The predicted octanol–water partition coefficient (Wildman–Crippen LogP) is 6.38. The molecule has 0 aliphatic carbocycles. The molecule has 0 amide bonds. The molecule has 33 heavy (non-hydrogen) atoms. The molecule has 0 bridgehead atoms. The number of phenols is 1. The zero-order valence-electron chi connectivity index (χ0n) is 18.5. The lowest BCUT2D eigenvalue weighted by Crippen LogP contribution is -1.94. The Labute approximate surface area is 190 Å². The third-order valence-corrected chi connectivity index (χ3v) is 5.58. The Kier molecular flexibility index (Phi) is 6.08. The summed E-state index contributed by atoms with van der Waals surface area (Å²) >= 11 is 0. The van der Waals surface area contributed by atoms with Crippen LogP contribution in [0.3, 0.4) is 0 Å². The lowest BCUT2D eigenvalue weighted by molar-refractivity contribution is -0.385. The number of oxazole rings is 1. The van der Waals surface area contributed by atoms with E-state index in [0.717, 1.165) is 29.2 Å². The molecule has 0 saturated heterocycles. The van der Waals surface area contributed by atoms with Crippen molar-refractivity contribution in [3.63, 3.8) is 0 Å². The van der Waals surface area contributed by atoms with E-state index < -0.39 is 4.92 Å². The Morgan fingerprint density at radius 2 is 1.97 bits per heavy atom. The van der Waals surface area contributed by atoms with Gasteiger partial charge in [-0.05, 0) is 54.3 Å². The average Bonchev–Trinajstić information content (AvgIpc) is 3.26. The van der Waals surface area contributed by atoms with Crippen molar-refractivity contribution in [3.8, 4) is 23.0 Å². The molecule has 0 aliphatic rings. The fourth-order valence-corrected chi connectivity index (χ4v) is 3.42. The average molecular weight is 445 g/mol. The van der Waals surface area contributed by atoms with E-state index in [1.54, 1.807) is 12.1 Å². The number of rotatable bonds is 7. The van der Waals surface area contributed by atoms with Gasteiger partial charge in [0.2, 0.25) is 5.89 Å². The van der Waals surface area contributed by atoms with E-state index >= 15 is 0 Å². The molecular weight excluding hydrogens is 422 g/mol. The van der Waals surface area contributed by atoms with Crippen LogP contribution in [0.15, 0.2) is 64.0 Å². The van der Waals surface area contributed by atoms with Crippen molar-refractivity contribution in [1.29, 1.82) is 0 Å². The van der Waals surface area contributed by atoms with Crippen LogP contribution in [0.25, 0.3) is 22.6 Å².